The van der Waals surface area contributed by atoms with Crippen LogP contribution in [0.2, 0.25) is 0 Å². The molecule has 1 aliphatic heterocycles. The SMILES string of the molecule is OCCC/C(=C(\c1ccc(O)cc1)c1ccc(OCCN2CCCC3(CCCC3)C2)cc1)c1ccccc1. The van der Waals surface area contributed by atoms with Gasteiger partial charge in [-0.15, -0.1) is 0 Å². The Morgan fingerprint density at radius 2 is 1.45 bits per heavy atom. The summed E-state index contributed by atoms with van der Waals surface area (Å²) in [6, 6.07) is 26.2. The molecule has 200 valence electrons. The van der Waals surface area contributed by atoms with E-state index in [1.54, 1.807) is 12.1 Å². The summed E-state index contributed by atoms with van der Waals surface area (Å²) in [4.78, 5) is 2.61. The number of hydrogen-bond donors (Lipinski definition) is 2. The number of phenolic OH excluding ortho intramolecular Hbond substituents is 1. The van der Waals surface area contributed by atoms with Crippen LogP contribution in [0.1, 0.15) is 68.1 Å². The number of piperidine rings is 1. The highest BCUT2D eigenvalue weighted by atomic mass is 16.5. The van der Waals surface area contributed by atoms with Crippen molar-refractivity contribution in [3.05, 3.63) is 95.6 Å². The molecular weight excluding hydrogens is 470 g/mol. The summed E-state index contributed by atoms with van der Waals surface area (Å²) in [5.74, 6) is 1.14. The number of allylic oxidation sites excluding steroid dienone is 1. The molecule has 4 nitrogen and oxygen atoms in total. The molecule has 5 rings (SSSR count). The van der Waals surface area contributed by atoms with Gasteiger partial charge in [0.25, 0.3) is 0 Å². The predicted molar refractivity (Wildman–Crippen MR) is 155 cm³/mol. The van der Waals surface area contributed by atoms with Crippen molar-refractivity contribution in [2.45, 2.75) is 51.4 Å². The van der Waals surface area contributed by atoms with Crippen LogP contribution >= 0.6 is 0 Å². The lowest BCUT2D eigenvalue weighted by atomic mass is 9.78. The summed E-state index contributed by atoms with van der Waals surface area (Å²) in [7, 11) is 0. The quantitative estimate of drug-likeness (QED) is 0.284. The first-order chi connectivity index (χ1) is 18.7. The van der Waals surface area contributed by atoms with E-state index in [-0.39, 0.29) is 12.4 Å². The van der Waals surface area contributed by atoms with E-state index >= 15 is 0 Å². The molecule has 1 heterocycles. The first kappa shape index (κ1) is 26.5. The summed E-state index contributed by atoms with van der Waals surface area (Å²) in [6.07, 6.45) is 9.80. The molecule has 0 aromatic heterocycles. The van der Waals surface area contributed by atoms with Crippen molar-refractivity contribution in [2.75, 3.05) is 32.8 Å². The van der Waals surface area contributed by atoms with Crippen molar-refractivity contribution in [1.82, 2.24) is 4.90 Å². The molecule has 0 bridgehead atoms. The number of nitrogens with zero attached hydrogens (tertiary/aromatic N) is 1. The lowest BCUT2D eigenvalue weighted by Crippen LogP contribution is -2.43. The second-order valence-corrected chi connectivity index (χ2v) is 11.1. The first-order valence-corrected chi connectivity index (χ1v) is 14.3. The standard InChI is InChI=1S/C34H41NO3/c36-24-6-10-32(27-8-2-1-3-9-27)33(28-11-15-30(37)16-12-28)29-13-17-31(18-14-29)38-25-23-35-22-7-21-34(26-35)19-4-5-20-34/h1-3,8-9,11-18,36-37H,4-7,10,19-26H2/b33-32-. The third-order valence-corrected chi connectivity index (χ3v) is 8.39. The minimum absolute atomic E-state index is 0.143. The maximum atomic E-state index is 9.91. The maximum Gasteiger partial charge on any atom is 0.119 e. The van der Waals surface area contributed by atoms with Crippen molar-refractivity contribution >= 4 is 11.1 Å². The molecule has 1 aliphatic carbocycles. The zero-order valence-electron chi connectivity index (χ0n) is 22.4. The van der Waals surface area contributed by atoms with Gasteiger partial charge < -0.3 is 14.9 Å². The van der Waals surface area contributed by atoms with Gasteiger partial charge in [-0.2, -0.15) is 0 Å². The first-order valence-electron chi connectivity index (χ1n) is 14.3. The van der Waals surface area contributed by atoms with Gasteiger partial charge in [-0.1, -0.05) is 67.4 Å². The van der Waals surface area contributed by atoms with E-state index in [1.807, 2.05) is 18.2 Å². The Morgan fingerprint density at radius 1 is 0.789 bits per heavy atom. The Bertz CT molecular complexity index is 1180. The lowest BCUT2D eigenvalue weighted by molar-refractivity contribution is 0.0811. The van der Waals surface area contributed by atoms with Crippen molar-refractivity contribution in [1.29, 1.82) is 0 Å². The van der Waals surface area contributed by atoms with Gasteiger partial charge in [0.2, 0.25) is 0 Å². The van der Waals surface area contributed by atoms with Crippen molar-refractivity contribution in [2.24, 2.45) is 5.41 Å². The topological polar surface area (TPSA) is 52.9 Å². The van der Waals surface area contributed by atoms with Crippen LogP contribution < -0.4 is 4.74 Å². The second kappa shape index (κ2) is 12.6. The molecule has 1 spiro atoms. The van der Waals surface area contributed by atoms with Crippen LogP contribution in [-0.2, 0) is 0 Å². The molecule has 1 saturated heterocycles. The van der Waals surface area contributed by atoms with Crippen LogP contribution in [0.25, 0.3) is 11.1 Å². The fraction of sp³-hybridized carbons (Fsp3) is 0.412. The van der Waals surface area contributed by atoms with Gasteiger partial charge in [0.1, 0.15) is 18.1 Å². The largest absolute Gasteiger partial charge is 0.508 e. The molecule has 38 heavy (non-hydrogen) atoms. The van der Waals surface area contributed by atoms with E-state index in [2.05, 4.69) is 53.4 Å². The summed E-state index contributed by atoms with van der Waals surface area (Å²) in [5, 5.41) is 19.5. The number of aliphatic hydroxyl groups is 1. The molecule has 3 aromatic carbocycles. The van der Waals surface area contributed by atoms with Gasteiger partial charge in [-0.05, 0) is 103 Å². The smallest absolute Gasteiger partial charge is 0.119 e. The van der Waals surface area contributed by atoms with Gasteiger partial charge in [0, 0.05) is 19.7 Å². The summed E-state index contributed by atoms with van der Waals surface area (Å²) >= 11 is 0. The summed E-state index contributed by atoms with van der Waals surface area (Å²) < 4.78 is 6.20. The Kier molecular flexibility index (Phi) is 8.83. The highest BCUT2D eigenvalue weighted by Gasteiger charge is 2.37. The predicted octanol–water partition coefficient (Wildman–Crippen LogP) is 7.16. The van der Waals surface area contributed by atoms with E-state index in [0.717, 1.165) is 41.0 Å². The molecule has 2 N–H and O–H groups in total. The molecule has 2 aliphatic rings. The minimum atomic E-state index is 0.143. The lowest BCUT2D eigenvalue weighted by Gasteiger charge is -2.40. The number of ether oxygens (including phenoxy) is 1. The van der Waals surface area contributed by atoms with Gasteiger partial charge in [-0.25, -0.2) is 0 Å². The number of hydrogen-bond acceptors (Lipinski definition) is 4. The van der Waals surface area contributed by atoms with Gasteiger partial charge in [0.15, 0.2) is 0 Å². The number of aliphatic hydroxyl groups excluding tert-OH is 1. The molecule has 1 saturated carbocycles. The fourth-order valence-electron chi connectivity index (χ4n) is 6.50. The Labute approximate surface area is 227 Å². The van der Waals surface area contributed by atoms with Crippen molar-refractivity contribution < 1.29 is 14.9 Å². The van der Waals surface area contributed by atoms with E-state index in [0.29, 0.717) is 18.4 Å². The van der Waals surface area contributed by atoms with E-state index in [9.17, 15) is 10.2 Å². The molecule has 3 aromatic rings. The van der Waals surface area contributed by atoms with Crippen molar-refractivity contribution in [3.63, 3.8) is 0 Å². The van der Waals surface area contributed by atoms with Crippen LogP contribution in [0.4, 0.5) is 0 Å². The third kappa shape index (κ3) is 6.48. The average molecular weight is 512 g/mol. The zero-order valence-corrected chi connectivity index (χ0v) is 22.4. The van der Waals surface area contributed by atoms with Gasteiger partial charge in [0.05, 0.1) is 0 Å². The highest BCUT2D eigenvalue weighted by Crippen LogP contribution is 2.44. The highest BCUT2D eigenvalue weighted by molar-refractivity contribution is 5.98. The molecule has 0 atom stereocenters. The van der Waals surface area contributed by atoms with Gasteiger partial charge in [-0.3, -0.25) is 4.90 Å². The summed E-state index contributed by atoms with van der Waals surface area (Å²) in [6.45, 7) is 4.28. The Balaban J connectivity index is 1.34. The van der Waals surface area contributed by atoms with E-state index < -0.39 is 0 Å². The molecule has 0 unspecified atom stereocenters. The van der Waals surface area contributed by atoms with Crippen molar-refractivity contribution in [3.8, 4) is 11.5 Å². The number of benzene rings is 3. The zero-order chi connectivity index (χ0) is 26.2. The third-order valence-electron chi connectivity index (χ3n) is 8.39. The molecule has 2 fully saturated rings. The molecule has 4 heteroatoms. The maximum absolute atomic E-state index is 9.91. The average Bonchev–Trinajstić information content (AvgIpc) is 3.40. The number of likely N-dealkylation sites (tertiary alicyclic amines) is 1. The molecule has 0 amide bonds. The van der Waals surface area contributed by atoms with Gasteiger partial charge >= 0.3 is 0 Å². The molecular formula is C34H41NO3. The monoisotopic (exact) mass is 511 g/mol. The summed E-state index contributed by atoms with van der Waals surface area (Å²) in [5.41, 5.74) is 6.17. The van der Waals surface area contributed by atoms with Crippen LogP contribution in [0, 0.1) is 5.41 Å². The Morgan fingerprint density at radius 3 is 2.13 bits per heavy atom. The number of rotatable bonds is 10. The molecule has 0 radical (unpaired) electrons. The van der Waals surface area contributed by atoms with Crippen LogP contribution in [-0.4, -0.2) is 48.0 Å². The second-order valence-electron chi connectivity index (χ2n) is 11.1. The Hall–Kier alpha value is -3.08. The number of aromatic hydroxyl groups is 1. The van der Waals surface area contributed by atoms with E-state index in [1.165, 1.54) is 57.2 Å². The number of phenols is 1. The van der Waals surface area contributed by atoms with E-state index in [4.69, 9.17) is 4.74 Å². The normalized spacial score (nSPS) is 17.9. The minimum Gasteiger partial charge on any atom is -0.508 e. The van der Waals surface area contributed by atoms with Crippen LogP contribution in [0.3, 0.4) is 0 Å². The van der Waals surface area contributed by atoms with Crippen LogP contribution in [0.5, 0.6) is 11.5 Å². The fourth-order valence-corrected chi connectivity index (χ4v) is 6.50. The van der Waals surface area contributed by atoms with Crippen LogP contribution in [0.15, 0.2) is 78.9 Å².